The monoisotopic (exact) mass is 240 g/mol. The van der Waals surface area contributed by atoms with Gasteiger partial charge < -0.3 is 4.42 Å². The highest BCUT2D eigenvalue weighted by Crippen LogP contribution is 2.26. The molecule has 1 aliphatic carbocycles. The summed E-state index contributed by atoms with van der Waals surface area (Å²) in [6.07, 6.45) is 4.93. The van der Waals surface area contributed by atoms with Gasteiger partial charge in [-0.05, 0) is 42.5 Å². The molecule has 0 saturated carbocycles. The summed E-state index contributed by atoms with van der Waals surface area (Å²) in [5.41, 5.74) is 2.74. The number of carbonyl (C=O) groups is 1. The van der Waals surface area contributed by atoms with Gasteiger partial charge in [0.25, 0.3) is 0 Å². The van der Waals surface area contributed by atoms with Gasteiger partial charge in [0, 0.05) is 5.92 Å². The van der Waals surface area contributed by atoms with Gasteiger partial charge in [0.15, 0.2) is 0 Å². The molecule has 0 aliphatic heterocycles. The van der Waals surface area contributed by atoms with E-state index >= 15 is 0 Å². The molecule has 2 aromatic rings. The van der Waals surface area contributed by atoms with Crippen molar-refractivity contribution < 1.29 is 9.21 Å². The Labute approximate surface area is 107 Å². The fourth-order valence-corrected chi connectivity index (χ4v) is 2.70. The van der Waals surface area contributed by atoms with Crippen LogP contribution in [-0.2, 0) is 24.1 Å². The van der Waals surface area contributed by atoms with E-state index in [4.69, 9.17) is 4.42 Å². The van der Waals surface area contributed by atoms with Gasteiger partial charge in [0.05, 0.1) is 12.7 Å². The van der Waals surface area contributed by atoms with Crippen LogP contribution in [0, 0.1) is 5.92 Å². The molecule has 1 heterocycles. The number of Topliss-reactive ketones (excluding diaryl/α,β-unsaturated/α-hetero) is 1. The van der Waals surface area contributed by atoms with Crippen LogP contribution in [0.3, 0.4) is 0 Å². The van der Waals surface area contributed by atoms with Gasteiger partial charge in [-0.15, -0.1) is 0 Å². The minimum Gasteiger partial charge on any atom is -0.469 e. The van der Waals surface area contributed by atoms with E-state index in [1.807, 2.05) is 12.1 Å². The Kier molecular flexibility index (Phi) is 3.01. The summed E-state index contributed by atoms with van der Waals surface area (Å²) >= 11 is 0. The van der Waals surface area contributed by atoms with Crippen molar-refractivity contribution >= 4 is 5.78 Å². The largest absolute Gasteiger partial charge is 0.469 e. The number of furan rings is 1. The molecule has 0 fully saturated rings. The third-order valence-corrected chi connectivity index (χ3v) is 3.73. The average molecular weight is 240 g/mol. The molecule has 0 saturated heterocycles. The van der Waals surface area contributed by atoms with Crippen LogP contribution in [0.4, 0.5) is 0 Å². The molecule has 18 heavy (non-hydrogen) atoms. The van der Waals surface area contributed by atoms with Crippen molar-refractivity contribution in [2.75, 3.05) is 0 Å². The van der Waals surface area contributed by atoms with Gasteiger partial charge in [0.2, 0.25) is 0 Å². The molecule has 0 amide bonds. The number of rotatable bonds is 3. The Balaban J connectivity index is 1.70. The minimum absolute atomic E-state index is 0.157. The Bertz CT molecular complexity index is 540. The van der Waals surface area contributed by atoms with Crippen LogP contribution in [-0.4, -0.2) is 5.78 Å². The van der Waals surface area contributed by atoms with Crippen molar-refractivity contribution in [3.63, 3.8) is 0 Å². The van der Waals surface area contributed by atoms with E-state index in [9.17, 15) is 4.79 Å². The number of aryl methyl sites for hydroxylation is 1. The fourth-order valence-electron chi connectivity index (χ4n) is 2.70. The zero-order valence-corrected chi connectivity index (χ0v) is 10.3. The first-order valence-corrected chi connectivity index (χ1v) is 6.45. The second-order valence-corrected chi connectivity index (χ2v) is 4.93. The molecule has 1 aromatic carbocycles. The Morgan fingerprint density at radius 3 is 2.78 bits per heavy atom. The van der Waals surface area contributed by atoms with Crippen LogP contribution in [0.25, 0.3) is 0 Å². The lowest BCUT2D eigenvalue weighted by Crippen LogP contribution is -2.23. The number of fused-ring (bicyclic) bond motifs is 1. The SMILES string of the molecule is O=C(Cc1ccco1)C1CCc2ccccc2C1. The average Bonchev–Trinajstić information content (AvgIpc) is 2.91. The Morgan fingerprint density at radius 2 is 2.00 bits per heavy atom. The molecule has 0 spiro atoms. The summed E-state index contributed by atoms with van der Waals surface area (Å²) in [5.74, 6) is 1.24. The van der Waals surface area contributed by atoms with E-state index in [-0.39, 0.29) is 5.92 Å². The maximum atomic E-state index is 12.2. The molecule has 0 N–H and O–H groups in total. The summed E-state index contributed by atoms with van der Waals surface area (Å²) < 4.78 is 5.24. The van der Waals surface area contributed by atoms with E-state index in [1.54, 1.807) is 6.26 Å². The van der Waals surface area contributed by atoms with Crippen LogP contribution < -0.4 is 0 Å². The first-order chi connectivity index (χ1) is 8.83. The molecule has 2 nitrogen and oxygen atoms in total. The van der Waals surface area contributed by atoms with E-state index in [2.05, 4.69) is 24.3 Å². The van der Waals surface area contributed by atoms with Crippen molar-refractivity contribution in [1.29, 1.82) is 0 Å². The molecule has 2 heteroatoms. The molecule has 92 valence electrons. The first-order valence-electron chi connectivity index (χ1n) is 6.45. The van der Waals surface area contributed by atoms with Crippen LogP contribution in [0.5, 0.6) is 0 Å². The number of ketones is 1. The second-order valence-electron chi connectivity index (χ2n) is 4.93. The molecule has 1 unspecified atom stereocenters. The molecular weight excluding hydrogens is 224 g/mol. The van der Waals surface area contributed by atoms with E-state index in [0.29, 0.717) is 12.2 Å². The zero-order chi connectivity index (χ0) is 12.4. The smallest absolute Gasteiger partial charge is 0.143 e. The van der Waals surface area contributed by atoms with Crippen molar-refractivity contribution in [3.05, 3.63) is 59.5 Å². The highest BCUT2D eigenvalue weighted by Gasteiger charge is 2.24. The third-order valence-electron chi connectivity index (χ3n) is 3.73. The van der Waals surface area contributed by atoms with Gasteiger partial charge in [-0.1, -0.05) is 24.3 Å². The van der Waals surface area contributed by atoms with E-state index < -0.39 is 0 Å². The second kappa shape index (κ2) is 4.81. The predicted molar refractivity (Wildman–Crippen MR) is 69.4 cm³/mol. The maximum Gasteiger partial charge on any atom is 0.143 e. The number of hydrogen-bond donors (Lipinski definition) is 0. The molecular formula is C16H16O2. The lowest BCUT2D eigenvalue weighted by Gasteiger charge is -2.23. The summed E-state index contributed by atoms with van der Waals surface area (Å²) in [6, 6.07) is 12.1. The lowest BCUT2D eigenvalue weighted by molar-refractivity contribution is -0.122. The summed E-state index contributed by atoms with van der Waals surface area (Å²) in [5, 5.41) is 0. The summed E-state index contributed by atoms with van der Waals surface area (Å²) in [7, 11) is 0. The predicted octanol–water partition coefficient (Wildman–Crippen LogP) is 3.20. The quantitative estimate of drug-likeness (QED) is 0.824. The number of carbonyl (C=O) groups excluding carboxylic acids is 1. The van der Waals surface area contributed by atoms with Gasteiger partial charge in [-0.2, -0.15) is 0 Å². The molecule has 0 bridgehead atoms. The van der Waals surface area contributed by atoms with Crippen LogP contribution in [0.2, 0.25) is 0 Å². The fraction of sp³-hybridized carbons (Fsp3) is 0.312. The minimum atomic E-state index is 0.157. The third kappa shape index (κ3) is 2.23. The van der Waals surface area contributed by atoms with Gasteiger partial charge in [-0.25, -0.2) is 0 Å². The van der Waals surface area contributed by atoms with Crippen LogP contribution >= 0.6 is 0 Å². The van der Waals surface area contributed by atoms with E-state index in [1.165, 1.54) is 11.1 Å². The van der Waals surface area contributed by atoms with Crippen molar-refractivity contribution in [2.45, 2.75) is 25.7 Å². The first kappa shape index (κ1) is 11.3. The molecule has 1 aliphatic rings. The van der Waals surface area contributed by atoms with E-state index in [0.717, 1.165) is 25.0 Å². The Hall–Kier alpha value is -1.83. The summed E-state index contributed by atoms with van der Waals surface area (Å²) in [4.78, 5) is 12.2. The van der Waals surface area contributed by atoms with Gasteiger partial charge >= 0.3 is 0 Å². The highest BCUT2D eigenvalue weighted by molar-refractivity contribution is 5.83. The van der Waals surface area contributed by atoms with Crippen LogP contribution in [0.15, 0.2) is 47.1 Å². The highest BCUT2D eigenvalue weighted by atomic mass is 16.3. The van der Waals surface area contributed by atoms with Crippen molar-refractivity contribution in [1.82, 2.24) is 0 Å². The topological polar surface area (TPSA) is 30.2 Å². The number of hydrogen-bond acceptors (Lipinski definition) is 2. The molecule has 0 radical (unpaired) electrons. The van der Waals surface area contributed by atoms with Crippen LogP contribution in [0.1, 0.15) is 23.3 Å². The molecule has 3 rings (SSSR count). The molecule has 1 atom stereocenters. The Morgan fingerprint density at radius 1 is 1.17 bits per heavy atom. The molecule has 1 aromatic heterocycles. The normalized spacial score (nSPS) is 18.3. The zero-order valence-electron chi connectivity index (χ0n) is 10.3. The summed E-state index contributed by atoms with van der Waals surface area (Å²) in [6.45, 7) is 0. The van der Waals surface area contributed by atoms with Crippen molar-refractivity contribution in [3.8, 4) is 0 Å². The standard InChI is InChI=1S/C16H16O2/c17-16(11-15-6-3-9-18-15)14-8-7-12-4-1-2-5-13(12)10-14/h1-6,9,14H,7-8,10-11H2. The van der Waals surface area contributed by atoms with Gasteiger partial charge in [0.1, 0.15) is 11.5 Å². The van der Waals surface area contributed by atoms with Crippen molar-refractivity contribution in [2.24, 2.45) is 5.92 Å². The lowest BCUT2D eigenvalue weighted by atomic mass is 9.81. The van der Waals surface area contributed by atoms with Gasteiger partial charge in [-0.3, -0.25) is 4.79 Å². The maximum absolute atomic E-state index is 12.2. The number of benzene rings is 1.